The maximum absolute atomic E-state index is 5.09. The van der Waals surface area contributed by atoms with E-state index in [2.05, 4.69) is 17.6 Å². The van der Waals surface area contributed by atoms with Gasteiger partial charge in [-0.15, -0.1) is 0 Å². The van der Waals surface area contributed by atoms with Crippen LogP contribution in [0.25, 0.3) is 0 Å². The highest BCUT2D eigenvalue weighted by Gasteiger charge is 2.05. The van der Waals surface area contributed by atoms with Gasteiger partial charge in [0.25, 0.3) is 0 Å². The molecule has 82 valence electrons. The van der Waals surface area contributed by atoms with E-state index in [0.717, 1.165) is 5.75 Å². The van der Waals surface area contributed by atoms with Gasteiger partial charge in [0.2, 0.25) is 0 Å². The minimum Gasteiger partial charge on any atom is -0.497 e. The minimum atomic E-state index is 0.191. The molecule has 0 bridgehead atoms. The summed E-state index contributed by atoms with van der Waals surface area (Å²) in [5.74, 6) is 0.863. The zero-order valence-electron chi connectivity index (χ0n) is 9.20. The highest BCUT2D eigenvalue weighted by Crippen LogP contribution is 2.16. The fourth-order valence-electron chi connectivity index (χ4n) is 1.24. The van der Waals surface area contributed by atoms with E-state index in [-0.39, 0.29) is 6.04 Å². The van der Waals surface area contributed by atoms with Crippen molar-refractivity contribution in [2.45, 2.75) is 13.0 Å². The van der Waals surface area contributed by atoms with Gasteiger partial charge < -0.3 is 15.4 Å². The summed E-state index contributed by atoms with van der Waals surface area (Å²) in [7, 11) is 3.46. The molecule has 0 spiro atoms. The third-order valence-electron chi connectivity index (χ3n) is 2.19. The summed E-state index contributed by atoms with van der Waals surface area (Å²) in [6.07, 6.45) is 0. The molecule has 1 aromatic rings. The molecule has 15 heavy (non-hydrogen) atoms. The van der Waals surface area contributed by atoms with Gasteiger partial charge in [0.05, 0.1) is 13.2 Å². The molecular weight excluding hydrogens is 208 g/mol. The van der Waals surface area contributed by atoms with Gasteiger partial charge >= 0.3 is 0 Å². The highest BCUT2D eigenvalue weighted by molar-refractivity contribution is 7.80. The largest absolute Gasteiger partial charge is 0.497 e. The van der Waals surface area contributed by atoms with E-state index in [1.807, 2.05) is 24.3 Å². The first kappa shape index (κ1) is 11.8. The molecule has 0 amide bonds. The Kier molecular flexibility index (Phi) is 4.37. The number of hydrogen-bond donors (Lipinski definition) is 2. The quantitative estimate of drug-likeness (QED) is 0.768. The lowest BCUT2D eigenvalue weighted by Crippen LogP contribution is -2.34. The lowest BCUT2D eigenvalue weighted by atomic mass is 10.1. The molecule has 0 saturated heterocycles. The summed E-state index contributed by atoms with van der Waals surface area (Å²) in [6, 6.07) is 8.12. The number of thiocarbonyl (C=S) groups is 1. The fraction of sp³-hybridized carbons (Fsp3) is 0.364. The van der Waals surface area contributed by atoms with Crippen LogP contribution in [0.15, 0.2) is 24.3 Å². The number of ether oxygens (including phenoxy) is 1. The number of benzene rings is 1. The molecule has 0 aromatic heterocycles. The molecule has 1 unspecified atom stereocenters. The van der Waals surface area contributed by atoms with Gasteiger partial charge in [0.15, 0.2) is 5.11 Å². The molecule has 1 rings (SSSR count). The zero-order valence-corrected chi connectivity index (χ0v) is 10.0. The number of hydrogen-bond acceptors (Lipinski definition) is 2. The topological polar surface area (TPSA) is 33.3 Å². The van der Waals surface area contributed by atoms with Crippen molar-refractivity contribution in [2.24, 2.45) is 0 Å². The van der Waals surface area contributed by atoms with E-state index in [9.17, 15) is 0 Å². The van der Waals surface area contributed by atoms with Gasteiger partial charge in [0.1, 0.15) is 5.75 Å². The van der Waals surface area contributed by atoms with Crippen LogP contribution in [0.2, 0.25) is 0 Å². The van der Waals surface area contributed by atoms with Crippen LogP contribution in [-0.2, 0) is 0 Å². The fourth-order valence-corrected chi connectivity index (χ4v) is 1.42. The molecule has 0 radical (unpaired) electrons. The van der Waals surface area contributed by atoms with Crippen LogP contribution in [0.1, 0.15) is 18.5 Å². The van der Waals surface area contributed by atoms with E-state index < -0.39 is 0 Å². The molecule has 4 heteroatoms. The van der Waals surface area contributed by atoms with Crippen molar-refractivity contribution in [3.63, 3.8) is 0 Å². The maximum Gasteiger partial charge on any atom is 0.166 e. The third-order valence-corrected chi connectivity index (χ3v) is 2.51. The Balaban J connectivity index is 2.65. The molecule has 2 N–H and O–H groups in total. The van der Waals surface area contributed by atoms with Crippen molar-refractivity contribution in [3.05, 3.63) is 29.8 Å². The molecule has 0 aliphatic rings. The van der Waals surface area contributed by atoms with Crippen molar-refractivity contribution in [2.75, 3.05) is 14.2 Å². The summed E-state index contributed by atoms with van der Waals surface area (Å²) in [5, 5.41) is 6.70. The Hall–Kier alpha value is -1.29. The van der Waals surface area contributed by atoms with Gasteiger partial charge in [-0.05, 0) is 36.8 Å². The van der Waals surface area contributed by atoms with E-state index in [0.29, 0.717) is 5.11 Å². The predicted molar refractivity (Wildman–Crippen MR) is 66.2 cm³/mol. The zero-order chi connectivity index (χ0) is 11.3. The molecular formula is C11H16N2OS. The lowest BCUT2D eigenvalue weighted by molar-refractivity contribution is 0.414. The van der Waals surface area contributed by atoms with Crippen LogP contribution in [0, 0.1) is 0 Å². The second-order valence-electron chi connectivity index (χ2n) is 3.22. The Morgan fingerprint density at radius 2 is 1.93 bits per heavy atom. The van der Waals surface area contributed by atoms with Crippen molar-refractivity contribution >= 4 is 17.3 Å². The van der Waals surface area contributed by atoms with E-state index in [4.69, 9.17) is 17.0 Å². The van der Waals surface area contributed by atoms with Gasteiger partial charge in [-0.1, -0.05) is 12.1 Å². The Morgan fingerprint density at radius 3 is 2.40 bits per heavy atom. The maximum atomic E-state index is 5.09. The second-order valence-corrected chi connectivity index (χ2v) is 3.63. The highest BCUT2D eigenvalue weighted by atomic mass is 32.1. The molecule has 1 aromatic carbocycles. The molecule has 0 aliphatic carbocycles. The van der Waals surface area contributed by atoms with E-state index in [1.54, 1.807) is 14.2 Å². The molecule has 0 fully saturated rings. The molecule has 1 atom stereocenters. The number of rotatable bonds is 3. The standard InChI is InChI=1S/C11H16N2OS/c1-8(13-11(15)12-2)9-4-6-10(14-3)7-5-9/h4-8H,1-3H3,(H2,12,13,15). The lowest BCUT2D eigenvalue weighted by Gasteiger charge is -2.16. The Bertz CT molecular complexity index is 324. The van der Waals surface area contributed by atoms with Crippen molar-refractivity contribution in [3.8, 4) is 5.75 Å². The van der Waals surface area contributed by atoms with Crippen molar-refractivity contribution in [1.29, 1.82) is 0 Å². The summed E-state index contributed by atoms with van der Waals surface area (Å²) in [6.45, 7) is 2.06. The van der Waals surface area contributed by atoms with Crippen molar-refractivity contribution in [1.82, 2.24) is 10.6 Å². The van der Waals surface area contributed by atoms with Crippen LogP contribution in [0.5, 0.6) is 5.75 Å². The molecule has 0 heterocycles. The van der Waals surface area contributed by atoms with Gasteiger partial charge in [-0.25, -0.2) is 0 Å². The van der Waals surface area contributed by atoms with Crippen LogP contribution in [0.3, 0.4) is 0 Å². The summed E-state index contributed by atoms with van der Waals surface area (Å²) in [5.41, 5.74) is 1.17. The Labute approximate surface area is 95.8 Å². The summed E-state index contributed by atoms with van der Waals surface area (Å²) >= 11 is 5.03. The summed E-state index contributed by atoms with van der Waals surface area (Å²) in [4.78, 5) is 0. The first-order valence-electron chi connectivity index (χ1n) is 4.79. The van der Waals surface area contributed by atoms with Gasteiger partial charge in [-0.2, -0.15) is 0 Å². The first-order chi connectivity index (χ1) is 7.17. The van der Waals surface area contributed by atoms with Crippen LogP contribution < -0.4 is 15.4 Å². The molecule has 0 saturated carbocycles. The summed E-state index contributed by atoms with van der Waals surface area (Å²) < 4.78 is 5.09. The minimum absolute atomic E-state index is 0.191. The van der Waals surface area contributed by atoms with E-state index in [1.165, 1.54) is 5.56 Å². The molecule has 0 aliphatic heterocycles. The van der Waals surface area contributed by atoms with Crippen LogP contribution >= 0.6 is 12.2 Å². The van der Waals surface area contributed by atoms with Crippen LogP contribution in [0.4, 0.5) is 0 Å². The average Bonchev–Trinajstić information content (AvgIpc) is 2.29. The SMILES string of the molecule is CNC(=S)NC(C)c1ccc(OC)cc1. The second kappa shape index (κ2) is 5.56. The number of methoxy groups -OCH3 is 1. The van der Waals surface area contributed by atoms with Gasteiger partial charge in [0, 0.05) is 7.05 Å². The predicted octanol–water partition coefficient (Wildman–Crippen LogP) is 1.85. The monoisotopic (exact) mass is 224 g/mol. The smallest absolute Gasteiger partial charge is 0.166 e. The normalized spacial score (nSPS) is 11.7. The molecule has 3 nitrogen and oxygen atoms in total. The average molecular weight is 224 g/mol. The Morgan fingerprint density at radius 1 is 1.33 bits per heavy atom. The number of nitrogens with one attached hydrogen (secondary N) is 2. The van der Waals surface area contributed by atoms with Gasteiger partial charge in [-0.3, -0.25) is 0 Å². The first-order valence-corrected chi connectivity index (χ1v) is 5.20. The van der Waals surface area contributed by atoms with Crippen LogP contribution in [-0.4, -0.2) is 19.3 Å². The van der Waals surface area contributed by atoms with Crippen molar-refractivity contribution < 1.29 is 4.74 Å². The van der Waals surface area contributed by atoms with E-state index >= 15 is 0 Å². The third kappa shape index (κ3) is 3.40.